The monoisotopic (exact) mass is 299 g/mol. The summed E-state index contributed by atoms with van der Waals surface area (Å²) in [6, 6.07) is 0. The summed E-state index contributed by atoms with van der Waals surface area (Å²) in [5.41, 5.74) is 0.436. The molecule has 0 fully saturated rings. The molecule has 0 spiro atoms. The van der Waals surface area contributed by atoms with Gasteiger partial charge in [-0.1, -0.05) is 6.58 Å². The molecule has 0 aliphatic carbocycles. The molecule has 0 aromatic rings. The first-order chi connectivity index (χ1) is 9.74. The van der Waals surface area contributed by atoms with Crippen molar-refractivity contribution in [2.75, 3.05) is 33.8 Å². The van der Waals surface area contributed by atoms with E-state index in [9.17, 15) is 14.7 Å². The summed E-state index contributed by atoms with van der Waals surface area (Å²) in [5.74, 6) is -1.29. The average molecular weight is 299 g/mol. The molecule has 21 heavy (non-hydrogen) atoms. The van der Waals surface area contributed by atoms with Crippen molar-refractivity contribution in [1.29, 1.82) is 0 Å². The number of esters is 1. The maximum Gasteiger partial charge on any atom is 0.333 e. The van der Waals surface area contributed by atoms with Crippen LogP contribution in [-0.2, 0) is 14.3 Å². The molecule has 0 aromatic carbocycles. The summed E-state index contributed by atoms with van der Waals surface area (Å²) in [7, 11) is 4.23. The van der Waals surface area contributed by atoms with E-state index in [1.807, 2.05) is 0 Å². The largest absolute Gasteiger partial charge is 0.550 e. The normalized spacial score (nSPS) is 11.2. The van der Waals surface area contributed by atoms with Gasteiger partial charge < -0.3 is 19.1 Å². The van der Waals surface area contributed by atoms with Gasteiger partial charge in [0, 0.05) is 18.0 Å². The second-order valence-corrected chi connectivity index (χ2v) is 6.19. The van der Waals surface area contributed by atoms with Crippen molar-refractivity contribution in [3.63, 3.8) is 0 Å². The molecule has 0 saturated carbocycles. The van der Waals surface area contributed by atoms with E-state index < -0.39 is 5.97 Å². The minimum Gasteiger partial charge on any atom is -0.550 e. The van der Waals surface area contributed by atoms with Gasteiger partial charge >= 0.3 is 5.97 Å². The highest BCUT2D eigenvalue weighted by Gasteiger charge is 2.13. The number of quaternary nitrogens is 1. The second-order valence-electron chi connectivity index (χ2n) is 6.19. The fourth-order valence-corrected chi connectivity index (χ4v) is 2.05. The van der Waals surface area contributed by atoms with E-state index in [2.05, 4.69) is 20.7 Å². The summed E-state index contributed by atoms with van der Waals surface area (Å²) in [6.45, 7) is 7.50. The van der Waals surface area contributed by atoms with Crippen LogP contribution in [-0.4, -0.2) is 50.2 Å². The number of unbranched alkanes of at least 4 members (excludes halogenated alkanes) is 3. The van der Waals surface area contributed by atoms with Gasteiger partial charge in [-0.2, -0.15) is 0 Å². The molecule has 5 heteroatoms. The quantitative estimate of drug-likeness (QED) is 0.236. The number of carboxylic acids is 1. The fourth-order valence-electron chi connectivity index (χ4n) is 2.05. The summed E-state index contributed by atoms with van der Waals surface area (Å²) in [4.78, 5) is 21.5. The zero-order valence-electron chi connectivity index (χ0n) is 13.7. The number of ether oxygens (including phenoxy) is 1. The first-order valence-electron chi connectivity index (χ1n) is 7.59. The Morgan fingerprint density at radius 1 is 1.05 bits per heavy atom. The number of aliphatic carboxylic acids is 1. The zero-order chi connectivity index (χ0) is 16.3. The molecule has 0 aromatic heterocycles. The van der Waals surface area contributed by atoms with Gasteiger partial charge in [-0.15, -0.1) is 0 Å². The van der Waals surface area contributed by atoms with E-state index >= 15 is 0 Å². The van der Waals surface area contributed by atoms with Crippen LogP contribution in [0.15, 0.2) is 12.2 Å². The van der Waals surface area contributed by atoms with Crippen LogP contribution in [0.4, 0.5) is 0 Å². The Hall–Kier alpha value is -1.36. The Morgan fingerprint density at radius 3 is 2.19 bits per heavy atom. The van der Waals surface area contributed by atoms with Crippen LogP contribution in [0.25, 0.3) is 0 Å². The smallest absolute Gasteiger partial charge is 0.333 e. The fraction of sp³-hybridized carbons (Fsp3) is 0.750. The number of hydrogen-bond acceptors (Lipinski definition) is 4. The standard InChI is InChI=1S/C16H29NO4/c1-14(2)16(20)21-13-8-6-5-7-11-17(3,4)12-9-10-15(18)19/h1,5-13H2,2-4H3. The van der Waals surface area contributed by atoms with Crippen LogP contribution in [0, 0.1) is 0 Å². The zero-order valence-corrected chi connectivity index (χ0v) is 13.7. The Labute approximate surface area is 128 Å². The van der Waals surface area contributed by atoms with Gasteiger partial charge in [0.15, 0.2) is 0 Å². The molecule has 0 saturated heterocycles. The molecule has 0 aliphatic heterocycles. The van der Waals surface area contributed by atoms with Gasteiger partial charge in [0.2, 0.25) is 0 Å². The number of carbonyl (C=O) groups is 2. The minimum atomic E-state index is -0.973. The molecule has 0 heterocycles. The number of rotatable bonds is 12. The predicted octanol–water partition coefficient (Wildman–Crippen LogP) is 1.27. The van der Waals surface area contributed by atoms with Crippen LogP contribution in [0.2, 0.25) is 0 Å². The molecule has 122 valence electrons. The van der Waals surface area contributed by atoms with Gasteiger partial charge in [-0.3, -0.25) is 0 Å². The van der Waals surface area contributed by atoms with E-state index in [0.29, 0.717) is 18.6 Å². The third-order valence-electron chi connectivity index (χ3n) is 3.38. The summed E-state index contributed by atoms with van der Waals surface area (Å²) >= 11 is 0. The van der Waals surface area contributed by atoms with Crippen molar-refractivity contribution in [3.05, 3.63) is 12.2 Å². The van der Waals surface area contributed by atoms with Crippen molar-refractivity contribution in [2.45, 2.75) is 45.4 Å². The van der Waals surface area contributed by atoms with Crippen molar-refractivity contribution >= 4 is 11.9 Å². The highest BCUT2D eigenvalue weighted by atomic mass is 16.5. The van der Waals surface area contributed by atoms with Crippen molar-refractivity contribution < 1.29 is 23.9 Å². The third-order valence-corrected chi connectivity index (χ3v) is 3.38. The summed E-state index contributed by atoms with van der Waals surface area (Å²) in [5, 5.41) is 10.4. The molecule has 0 aliphatic rings. The number of nitrogens with zero attached hydrogens (tertiary/aromatic N) is 1. The molecular weight excluding hydrogens is 270 g/mol. The first kappa shape index (κ1) is 19.6. The van der Waals surface area contributed by atoms with E-state index in [4.69, 9.17) is 4.74 Å². The van der Waals surface area contributed by atoms with Gasteiger partial charge in [0.1, 0.15) is 0 Å². The van der Waals surface area contributed by atoms with Crippen LogP contribution in [0.5, 0.6) is 0 Å². The molecule has 0 amide bonds. The lowest BCUT2D eigenvalue weighted by Crippen LogP contribution is -2.41. The van der Waals surface area contributed by atoms with E-state index in [0.717, 1.165) is 43.3 Å². The van der Waals surface area contributed by atoms with Crippen molar-refractivity contribution in [2.24, 2.45) is 0 Å². The predicted molar refractivity (Wildman–Crippen MR) is 80.3 cm³/mol. The summed E-state index contributed by atoms with van der Waals surface area (Å²) < 4.78 is 5.85. The number of hydrogen-bond donors (Lipinski definition) is 0. The van der Waals surface area contributed by atoms with Crippen LogP contribution in [0.3, 0.4) is 0 Å². The lowest BCUT2D eigenvalue weighted by molar-refractivity contribution is -0.890. The maximum absolute atomic E-state index is 11.1. The van der Waals surface area contributed by atoms with Gasteiger partial charge in [-0.25, -0.2) is 4.79 Å². The first-order valence-corrected chi connectivity index (χ1v) is 7.59. The minimum absolute atomic E-state index is 0.135. The van der Waals surface area contributed by atoms with Crippen molar-refractivity contribution in [1.82, 2.24) is 0 Å². The highest BCUT2D eigenvalue weighted by molar-refractivity contribution is 5.86. The number of carbonyl (C=O) groups excluding carboxylic acids is 2. The van der Waals surface area contributed by atoms with Gasteiger partial charge in [-0.05, 0) is 39.0 Å². The second kappa shape index (κ2) is 10.4. The van der Waals surface area contributed by atoms with Crippen LogP contribution < -0.4 is 5.11 Å². The number of carboxylic acid groups (broad SMARTS) is 1. The molecule has 0 atom stereocenters. The molecule has 0 rings (SSSR count). The summed E-state index contributed by atoms with van der Waals surface area (Å²) in [6.07, 6.45) is 4.88. The topological polar surface area (TPSA) is 66.4 Å². The van der Waals surface area contributed by atoms with Gasteiger partial charge in [0.05, 0.1) is 33.8 Å². The molecule has 5 nitrogen and oxygen atoms in total. The Kier molecular flexibility index (Phi) is 9.71. The van der Waals surface area contributed by atoms with E-state index in [1.54, 1.807) is 6.92 Å². The SMILES string of the molecule is C=C(C)C(=O)OCCCCCC[N+](C)(C)CCCC(=O)[O-]. The van der Waals surface area contributed by atoms with Crippen LogP contribution in [0.1, 0.15) is 45.4 Å². The third kappa shape index (κ3) is 12.1. The molecular formula is C16H29NO4. The van der Waals surface area contributed by atoms with Gasteiger partial charge in [0.25, 0.3) is 0 Å². The Balaban J connectivity index is 3.54. The Morgan fingerprint density at radius 2 is 1.62 bits per heavy atom. The van der Waals surface area contributed by atoms with Crippen LogP contribution >= 0.6 is 0 Å². The maximum atomic E-state index is 11.1. The molecule has 0 bridgehead atoms. The Bertz CT molecular complexity index is 350. The molecule has 0 radical (unpaired) electrons. The average Bonchev–Trinajstić information content (AvgIpc) is 2.36. The highest BCUT2D eigenvalue weighted by Crippen LogP contribution is 2.08. The lowest BCUT2D eigenvalue weighted by Gasteiger charge is -2.30. The van der Waals surface area contributed by atoms with E-state index in [1.165, 1.54) is 0 Å². The van der Waals surface area contributed by atoms with E-state index in [-0.39, 0.29) is 12.4 Å². The van der Waals surface area contributed by atoms with Crippen molar-refractivity contribution in [3.8, 4) is 0 Å². The lowest BCUT2D eigenvalue weighted by atomic mass is 10.1. The molecule has 0 N–H and O–H groups in total. The molecule has 0 unspecified atom stereocenters.